The van der Waals surface area contributed by atoms with Crippen molar-refractivity contribution in [2.75, 3.05) is 10.8 Å². The zero-order valence-electron chi connectivity index (χ0n) is 25.4. The maximum Gasteiger partial charge on any atom is 0.264 e. The molecule has 1 unspecified atom stereocenters. The van der Waals surface area contributed by atoms with Crippen molar-refractivity contribution in [2.45, 2.75) is 62.0 Å². The molecule has 0 saturated heterocycles. The second kappa shape index (κ2) is 15.5. The average Bonchev–Trinajstić information content (AvgIpc) is 3.07. The molecular weight excluding hydrogens is 669 g/mol. The summed E-state index contributed by atoms with van der Waals surface area (Å²) in [6.07, 6.45) is 5.11. The SMILES string of the molecule is O=C(NC1CCCCC1)C(Cc1ccccc1)N(Cc1ccc(F)cc1)C(=O)CN(c1ccc(Br)cc1)S(=O)(=O)c1ccccc1. The fraction of sp³-hybridized carbons (Fsp3) is 0.278. The van der Waals surface area contributed by atoms with E-state index in [2.05, 4.69) is 21.2 Å². The van der Waals surface area contributed by atoms with E-state index in [0.717, 1.165) is 46.4 Å². The lowest BCUT2D eigenvalue weighted by Crippen LogP contribution is -2.55. The Hall–Kier alpha value is -4.02. The number of halogens is 2. The highest BCUT2D eigenvalue weighted by atomic mass is 79.9. The minimum Gasteiger partial charge on any atom is -0.352 e. The summed E-state index contributed by atoms with van der Waals surface area (Å²) in [7, 11) is -4.18. The molecule has 46 heavy (non-hydrogen) atoms. The zero-order valence-corrected chi connectivity index (χ0v) is 27.8. The number of carbonyl (C=O) groups excluding carboxylic acids is 2. The Morgan fingerprint density at radius 1 is 0.804 bits per heavy atom. The van der Waals surface area contributed by atoms with Crippen LogP contribution in [0.2, 0.25) is 0 Å². The maximum atomic E-state index is 14.5. The first-order valence-electron chi connectivity index (χ1n) is 15.4. The van der Waals surface area contributed by atoms with Crippen LogP contribution in [0.5, 0.6) is 0 Å². The number of rotatable bonds is 12. The summed E-state index contributed by atoms with van der Waals surface area (Å²) in [6.45, 7) is -0.573. The van der Waals surface area contributed by atoms with E-state index < -0.39 is 34.3 Å². The van der Waals surface area contributed by atoms with Gasteiger partial charge in [0.2, 0.25) is 11.8 Å². The molecule has 0 aromatic heterocycles. The summed E-state index contributed by atoms with van der Waals surface area (Å²) in [5.74, 6) is -1.29. The summed E-state index contributed by atoms with van der Waals surface area (Å²) < 4.78 is 43.8. The van der Waals surface area contributed by atoms with E-state index in [0.29, 0.717) is 11.3 Å². The molecule has 10 heteroatoms. The molecule has 0 aliphatic heterocycles. The predicted molar refractivity (Wildman–Crippen MR) is 181 cm³/mol. The quantitative estimate of drug-likeness (QED) is 0.174. The number of benzene rings is 4. The van der Waals surface area contributed by atoms with Crippen molar-refractivity contribution in [3.05, 3.63) is 131 Å². The van der Waals surface area contributed by atoms with Gasteiger partial charge in [0.1, 0.15) is 18.4 Å². The van der Waals surface area contributed by atoms with Crippen molar-refractivity contribution >= 4 is 43.5 Å². The van der Waals surface area contributed by atoms with Gasteiger partial charge in [-0.1, -0.05) is 95.9 Å². The van der Waals surface area contributed by atoms with Gasteiger partial charge in [-0.3, -0.25) is 13.9 Å². The molecule has 1 aliphatic rings. The van der Waals surface area contributed by atoms with Gasteiger partial charge in [0, 0.05) is 23.5 Å². The molecular formula is C36H37BrFN3O4S. The van der Waals surface area contributed by atoms with Crippen molar-refractivity contribution in [3.8, 4) is 0 Å². The van der Waals surface area contributed by atoms with Gasteiger partial charge in [-0.25, -0.2) is 12.8 Å². The lowest BCUT2D eigenvalue weighted by molar-refractivity contribution is -0.140. The predicted octanol–water partition coefficient (Wildman–Crippen LogP) is 6.87. The molecule has 7 nitrogen and oxygen atoms in total. The minimum atomic E-state index is -4.18. The molecule has 2 amide bonds. The third-order valence-corrected chi connectivity index (χ3v) is 10.5. The highest BCUT2D eigenvalue weighted by Crippen LogP contribution is 2.27. The highest BCUT2D eigenvalue weighted by Gasteiger charge is 2.35. The monoisotopic (exact) mass is 705 g/mol. The van der Waals surface area contributed by atoms with E-state index in [9.17, 15) is 22.4 Å². The number of carbonyl (C=O) groups is 2. The van der Waals surface area contributed by atoms with Crippen LogP contribution in [0.25, 0.3) is 0 Å². The molecule has 0 heterocycles. The Labute approximate surface area is 278 Å². The molecule has 4 aromatic rings. The van der Waals surface area contributed by atoms with Crippen molar-refractivity contribution < 1.29 is 22.4 Å². The average molecular weight is 707 g/mol. The molecule has 1 saturated carbocycles. The Bertz CT molecular complexity index is 1700. The third kappa shape index (κ3) is 8.61. The van der Waals surface area contributed by atoms with Crippen molar-refractivity contribution in [1.29, 1.82) is 0 Å². The van der Waals surface area contributed by atoms with E-state index in [4.69, 9.17) is 0 Å². The van der Waals surface area contributed by atoms with E-state index in [-0.39, 0.29) is 29.8 Å². The third-order valence-electron chi connectivity index (χ3n) is 8.21. The van der Waals surface area contributed by atoms with Gasteiger partial charge in [-0.15, -0.1) is 0 Å². The zero-order chi connectivity index (χ0) is 32.5. The van der Waals surface area contributed by atoms with Gasteiger partial charge in [0.05, 0.1) is 10.6 Å². The molecule has 0 spiro atoms. The Morgan fingerprint density at radius 2 is 1.41 bits per heavy atom. The first-order chi connectivity index (χ1) is 22.2. The molecule has 0 radical (unpaired) electrons. The van der Waals surface area contributed by atoms with Gasteiger partial charge in [-0.05, 0) is 72.5 Å². The number of nitrogens with one attached hydrogen (secondary N) is 1. The summed E-state index contributed by atoms with van der Waals surface area (Å²) in [4.78, 5) is 30.1. The van der Waals surface area contributed by atoms with Gasteiger partial charge in [-0.2, -0.15) is 0 Å². The number of amides is 2. The molecule has 1 atom stereocenters. The van der Waals surface area contributed by atoms with Crippen LogP contribution in [0, 0.1) is 5.82 Å². The lowest BCUT2D eigenvalue weighted by Gasteiger charge is -2.35. The van der Waals surface area contributed by atoms with E-state index in [1.54, 1.807) is 54.6 Å². The molecule has 1 N–H and O–H groups in total. The first-order valence-corrected chi connectivity index (χ1v) is 17.7. The second-order valence-corrected chi connectivity index (χ2v) is 14.3. The largest absolute Gasteiger partial charge is 0.352 e. The number of sulfonamides is 1. The summed E-state index contributed by atoms with van der Waals surface area (Å²) in [5, 5.41) is 3.19. The van der Waals surface area contributed by atoms with Gasteiger partial charge in [0.15, 0.2) is 0 Å². The minimum absolute atomic E-state index is 0.0000175. The molecule has 1 fully saturated rings. The topological polar surface area (TPSA) is 86.8 Å². The smallest absolute Gasteiger partial charge is 0.264 e. The highest BCUT2D eigenvalue weighted by molar-refractivity contribution is 9.10. The normalized spacial score (nSPS) is 14.3. The Kier molecular flexibility index (Phi) is 11.2. The fourth-order valence-electron chi connectivity index (χ4n) is 5.74. The van der Waals surface area contributed by atoms with Gasteiger partial charge < -0.3 is 10.2 Å². The number of anilines is 1. The first kappa shape index (κ1) is 33.3. The van der Waals surface area contributed by atoms with E-state index in [1.807, 2.05) is 30.3 Å². The summed E-state index contributed by atoms with van der Waals surface area (Å²) >= 11 is 3.40. The molecule has 4 aromatic carbocycles. The summed E-state index contributed by atoms with van der Waals surface area (Å²) in [5.41, 5.74) is 1.76. The maximum absolute atomic E-state index is 14.5. The van der Waals surface area contributed by atoms with Crippen LogP contribution in [0.15, 0.2) is 119 Å². The molecule has 5 rings (SSSR count). The van der Waals surface area contributed by atoms with Crippen LogP contribution in [-0.2, 0) is 32.6 Å². The van der Waals surface area contributed by atoms with E-state index in [1.165, 1.54) is 29.2 Å². The van der Waals surface area contributed by atoms with E-state index >= 15 is 0 Å². The fourth-order valence-corrected chi connectivity index (χ4v) is 7.44. The van der Waals surface area contributed by atoms with Crippen LogP contribution < -0.4 is 9.62 Å². The van der Waals surface area contributed by atoms with Crippen LogP contribution >= 0.6 is 15.9 Å². The number of hydrogen-bond donors (Lipinski definition) is 1. The van der Waals surface area contributed by atoms with Crippen LogP contribution in [-0.4, -0.2) is 43.8 Å². The van der Waals surface area contributed by atoms with Gasteiger partial charge in [0.25, 0.3) is 10.0 Å². The van der Waals surface area contributed by atoms with Crippen molar-refractivity contribution in [3.63, 3.8) is 0 Å². The second-order valence-electron chi connectivity index (χ2n) is 11.5. The van der Waals surface area contributed by atoms with Crippen LogP contribution in [0.3, 0.4) is 0 Å². The van der Waals surface area contributed by atoms with Crippen molar-refractivity contribution in [1.82, 2.24) is 10.2 Å². The van der Waals surface area contributed by atoms with Crippen LogP contribution in [0.4, 0.5) is 10.1 Å². The standard InChI is InChI=1S/C36H37BrFN3O4S/c37-29-18-22-32(23-19-29)41(46(44,45)33-14-8-3-9-15-33)26-35(42)40(25-28-16-20-30(38)21-17-28)34(24-27-10-4-1-5-11-27)36(43)39-31-12-6-2-7-13-31/h1,3-5,8-11,14-23,31,34H,2,6-7,12-13,24-26H2,(H,39,43). The summed E-state index contributed by atoms with van der Waals surface area (Å²) in [6, 6.07) is 28.8. The molecule has 1 aliphatic carbocycles. The van der Waals surface area contributed by atoms with Gasteiger partial charge >= 0.3 is 0 Å². The number of nitrogens with zero attached hydrogens (tertiary/aromatic N) is 2. The van der Waals surface area contributed by atoms with Crippen LogP contribution in [0.1, 0.15) is 43.2 Å². The Morgan fingerprint density at radius 3 is 2.04 bits per heavy atom. The Balaban J connectivity index is 1.55. The van der Waals surface area contributed by atoms with Crippen molar-refractivity contribution in [2.24, 2.45) is 0 Å². The molecule has 240 valence electrons. The lowest BCUT2D eigenvalue weighted by atomic mass is 9.94. The number of hydrogen-bond acceptors (Lipinski definition) is 4. The molecule has 0 bridgehead atoms.